The number of carbonyl (C=O) groups excluding carboxylic acids is 2. The van der Waals surface area contributed by atoms with Crippen molar-refractivity contribution in [2.45, 2.75) is 0 Å². The average molecular weight is 291 g/mol. The van der Waals surface area contributed by atoms with Crippen molar-refractivity contribution in [3.63, 3.8) is 0 Å². The van der Waals surface area contributed by atoms with Crippen molar-refractivity contribution >= 4 is 23.7 Å². The lowest BCUT2D eigenvalue weighted by Crippen LogP contribution is -2.40. The highest BCUT2D eigenvalue weighted by Gasteiger charge is 2.18. The highest BCUT2D eigenvalue weighted by atomic mass is 16.2. The second-order valence-electron chi connectivity index (χ2n) is 4.36. The number of amides is 3. The summed E-state index contributed by atoms with van der Waals surface area (Å²) in [4.78, 5) is 24.9. The predicted octanol–water partition coefficient (Wildman–Crippen LogP) is 3.17. The van der Waals surface area contributed by atoms with E-state index >= 15 is 0 Å². The van der Waals surface area contributed by atoms with Crippen LogP contribution in [0.1, 0.15) is 15.9 Å². The SMILES string of the molecule is C=Cc1cccc(N(C#N)C(=O)NC(=O)c2ccccc2)c1. The number of nitriles is 1. The molecule has 5 heteroatoms. The summed E-state index contributed by atoms with van der Waals surface area (Å²) in [7, 11) is 0. The van der Waals surface area contributed by atoms with E-state index < -0.39 is 11.9 Å². The zero-order chi connectivity index (χ0) is 15.9. The molecule has 5 nitrogen and oxygen atoms in total. The molecular weight excluding hydrogens is 278 g/mol. The molecular formula is C17H13N3O2. The average Bonchev–Trinajstić information content (AvgIpc) is 2.56. The van der Waals surface area contributed by atoms with Crippen molar-refractivity contribution in [1.29, 1.82) is 5.26 Å². The summed E-state index contributed by atoms with van der Waals surface area (Å²) in [6.07, 6.45) is 3.36. The number of nitrogens with zero attached hydrogens (tertiary/aromatic N) is 2. The van der Waals surface area contributed by atoms with Gasteiger partial charge in [-0.2, -0.15) is 10.2 Å². The highest BCUT2D eigenvalue weighted by Crippen LogP contribution is 2.16. The normalized spacial score (nSPS) is 9.41. The number of benzene rings is 2. The summed E-state index contributed by atoms with van der Waals surface area (Å²) in [6.45, 7) is 3.63. The molecule has 0 saturated heterocycles. The van der Waals surface area contributed by atoms with E-state index in [0.29, 0.717) is 11.3 Å². The van der Waals surface area contributed by atoms with Crippen molar-refractivity contribution in [2.75, 3.05) is 4.90 Å². The molecule has 0 saturated carbocycles. The molecule has 1 N–H and O–H groups in total. The minimum Gasteiger partial charge on any atom is -0.273 e. The van der Waals surface area contributed by atoms with Gasteiger partial charge < -0.3 is 0 Å². The molecule has 0 radical (unpaired) electrons. The van der Waals surface area contributed by atoms with Gasteiger partial charge in [-0.25, -0.2) is 4.79 Å². The van der Waals surface area contributed by atoms with Crippen LogP contribution in [0, 0.1) is 11.5 Å². The lowest BCUT2D eigenvalue weighted by molar-refractivity contribution is 0.0966. The molecule has 2 aromatic carbocycles. The van der Waals surface area contributed by atoms with Gasteiger partial charge in [-0.3, -0.25) is 10.1 Å². The van der Waals surface area contributed by atoms with Crippen LogP contribution in [0.15, 0.2) is 61.2 Å². The fourth-order valence-corrected chi connectivity index (χ4v) is 1.83. The van der Waals surface area contributed by atoms with Gasteiger partial charge in [0.1, 0.15) is 0 Å². The fraction of sp³-hybridized carbons (Fsp3) is 0. The van der Waals surface area contributed by atoms with Gasteiger partial charge in [-0.15, -0.1) is 0 Å². The minimum absolute atomic E-state index is 0.341. The number of urea groups is 1. The summed E-state index contributed by atoms with van der Waals surface area (Å²) < 4.78 is 0. The molecule has 0 aromatic heterocycles. The molecule has 108 valence electrons. The summed E-state index contributed by atoms with van der Waals surface area (Å²) in [5.41, 5.74) is 1.46. The van der Waals surface area contributed by atoms with Crippen LogP contribution in [0.4, 0.5) is 10.5 Å². The first-order chi connectivity index (χ1) is 10.7. The van der Waals surface area contributed by atoms with E-state index in [4.69, 9.17) is 0 Å². The van der Waals surface area contributed by atoms with E-state index in [9.17, 15) is 14.9 Å². The molecule has 0 aliphatic heterocycles. The summed E-state index contributed by atoms with van der Waals surface area (Å²) >= 11 is 0. The van der Waals surface area contributed by atoms with Crippen LogP contribution in [0.25, 0.3) is 6.08 Å². The fourth-order valence-electron chi connectivity index (χ4n) is 1.83. The Kier molecular flexibility index (Phi) is 4.68. The summed E-state index contributed by atoms with van der Waals surface area (Å²) in [6, 6.07) is 14.2. The van der Waals surface area contributed by atoms with E-state index in [1.165, 1.54) is 0 Å². The quantitative estimate of drug-likeness (QED) is 0.697. The number of hydrogen-bond acceptors (Lipinski definition) is 3. The van der Waals surface area contributed by atoms with Crippen molar-refractivity contribution in [3.8, 4) is 6.19 Å². The first kappa shape index (κ1) is 15.0. The standard InChI is InChI=1S/C17H13N3O2/c1-2-13-7-6-10-15(11-13)20(12-18)17(22)19-16(21)14-8-4-3-5-9-14/h2-11H,1H2,(H,19,21,22). The van der Waals surface area contributed by atoms with E-state index in [2.05, 4.69) is 11.9 Å². The Balaban J connectivity index is 2.17. The molecule has 2 aromatic rings. The number of imide groups is 1. The largest absolute Gasteiger partial charge is 0.342 e. The van der Waals surface area contributed by atoms with Gasteiger partial charge in [0.05, 0.1) is 5.69 Å². The molecule has 0 spiro atoms. The molecule has 0 atom stereocenters. The van der Waals surface area contributed by atoms with Gasteiger partial charge in [-0.1, -0.05) is 43.0 Å². The van der Waals surface area contributed by atoms with Gasteiger partial charge in [0.25, 0.3) is 5.91 Å². The Morgan fingerprint density at radius 2 is 1.86 bits per heavy atom. The maximum Gasteiger partial charge on any atom is 0.342 e. The maximum atomic E-state index is 12.1. The third kappa shape index (κ3) is 3.38. The highest BCUT2D eigenvalue weighted by molar-refractivity contribution is 6.09. The van der Waals surface area contributed by atoms with Crippen LogP contribution in [0.5, 0.6) is 0 Å². The van der Waals surface area contributed by atoms with Crippen molar-refractivity contribution in [3.05, 3.63) is 72.3 Å². The Morgan fingerprint density at radius 1 is 1.14 bits per heavy atom. The molecule has 0 unspecified atom stereocenters. The van der Waals surface area contributed by atoms with E-state index in [0.717, 1.165) is 10.5 Å². The number of anilines is 1. The molecule has 0 aliphatic rings. The molecule has 3 amide bonds. The van der Waals surface area contributed by atoms with Gasteiger partial charge in [-0.05, 0) is 29.8 Å². The molecule has 0 aliphatic carbocycles. The second-order valence-corrected chi connectivity index (χ2v) is 4.36. The van der Waals surface area contributed by atoms with E-state index in [-0.39, 0.29) is 0 Å². The third-order valence-electron chi connectivity index (χ3n) is 2.92. The summed E-state index contributed by atoms with van der Waals surface area (Å²) in [5, 5.41) is 11.4. The molecule has 0 heterocycles. The zero-order valence-electron chi connectivity index (χ0n) is 11.7. The van der Waals surface area contributed by atoms with Crippen LogP contribution >= 0.6 is 0 Å². The monoisotopic (exact) mass is 291 g/mol. The molecule has 2 rings (SSSR count). The number of carbonyl (C=O) groups is 2. The first-order valence-electron chi connectivity index (χ1n) is 6.48. The lowest BCUT2D eigenvalue weighted by atomic mass is 10.2. The zero-order valence-corrected chi connectivity index (χ0v) is 11.7. The third-order valence-corrected chi connectivity index (χ3v) is 2.92. The Morgan fingerprint density at radius 3 is 2.50 bits per heavy atom. The number of rotatable bonds is 3. The van der Waals surface area contributed by atoms with Crippen LogP contribution in [-0.2, 0) is 0 Å². The molecule has 0 fully saturated rings. The van der Waals surface area contributed by atoms with Crippen molar-refractivity contribution in [2.24, 2.45) is 0 Å². The Labute approximate surface area is 128 Å². The van der Waals surface area contributed by atoms with Gasteiger partial charge in [0, 0.05) is 5.56 Å². The van der Waals surface area contributed by atoms with Crippen molar-refractivity contribution < 1.29 is 9.59 Å². The topological polar surface area (TPSA) is 73.2 Å². The van der Waals surface area contributed by atoms with Gasteiger partial charge >= 0.3 is 6.03 Å². The maximum absolute atomic E-state index is 12.1. The van der Waals surface area contributed by atoms with Gasteiger partial charge in [0.2, 0.25) is 0 Å². The minimum atomic E-state index is -0.808. The van der Waals surface area contributed by atoms with Crippen LogP contribution in [-0.4, -0.2) is 11.9 Å². The smallest absolute Gasteiger partial charge is 0.273 e. The van der Waals surface area contributed by atoms with E-state index in [1.54, 1.807) is 66.9 Å². The van der Waals surface area contributed by atoms with Crippen molar-refractivity contribution in [1.82, 2.24) is 5.32 Å². The number of nitrogens with one attached hydrogen (secondary N) is 1. The van der Waals surface area contributed by atoms with Crippen LogP contribution in [0.3, 0.4) is 0 Å². The predicted molar refractivity (Wildman–Crippen MR) is 83.9 cm³/mol. The van der Waals surface area contributed by atoms with Crippen LogP contribution in [0.2, 0.25) is 0 Å². The Bertz CT molecular complexity index is 748. The van der Waals surface area contributed by atoms with Gasteiger partial charge in [0.15, 0.2) is 6.19 Å². The molecule has 0 bridgehead atoms. The molecule has 22 heavy (non-hydrogen) atoms. The van der Waals surface area contributed by atoms with E-state index in [1.807, 2.05) is 0 Å². The number of hydrogen-bond donors (Lipinski definition) is 1. The second kappa shape index (κ2) is 6.86. The lowest BCUT2D eigenvalue weighted by Gasteiger charge is -2.14. The first-order valence-corrected chi connectivity index (χ1v) is 6.48. The Hall–Kier alpha value is -3.39. The summed E-state index contributed by atoms with van der Waals surface area (Å²) in [5.74, 6) is -0.564. The van der Waals surface area contributed by atoms with Crippen LogP contribution < -0.4 is 10.2 Å².